The molecular formula is C13H19ClN2O2S. The Bertz CT molecular complexity index is 560. The van der Waals surface area contributed by atoms with Crippen molar-refractivity contribution in [1.29, 1.82) is 0 Å². The molecule has 0 radical (unpaired) electrons. The van der Waals surface area contributed by atoms with Crippen molar-refractivity contribution < 1.29 is 8.42 Å². The summed E-state index contributed by atoms with van der Waals surface area (Å²) in [7, 11) is -1.58. The van der Waals surface area contributed by atoms with Crippen LogP contribution in [0.25, 0.3) is 0 Å². The van der Waals surface area contributed by atoms with Crippen LogP contribution in [0.2, 0.25) is 5.02 Å². The number of halogens is 1. The summed E-state index contributed by atoms with van der Waals surface area (Å²) in [6, 6.07) is 5.22. The van der Waals surface area contributed by atoms with E-state index in [1.54, 1.807) is 23.4 Å². The summed E-state index contributed by atoms with van der Waals surface area (Å²) in [4.78, 5) is 0.316. The lowest BCUT2D eigenvalue weighted by atomic mass is 10.1. The molecule has 19 heavy (non-hydrogen) atoms. The van der Waals surface area contributed by atoms with Crippen molar-refractivity contribution in [3.63, 3.8) is 0 Å². The van der Waals surface area contributed by atoms with Crippen LogP contribution in [0.1, 0.15) is 18.4 Å². The molecule has 1 aliphatic heterocycles. The molecule has 0 aliphatic carbocycles. The van der Waals surface area contributed by atoms with Crippen LogP contribution in [-0.4, -0.2) is 38.9 Å². The number of nitrogens with one attached hydrogen (secondary N) is 1. The molecule has 1 saturated heterocycles. The molecule has 0 aromatic heterocycles. The highest BCUT2D eigenvalue weighted by molar-refractivity contribution is 7.89. The molecule has 0 amide bonds. The Morgan fingerprint density at radius 1 is 1.42 bits per heavy atom. The highest BCUT2D eigenvalue weighted by Gasteiger charge is 2.30. The van der Waals surface area contributed by atoms with E-state index in [1.165, 1.54) is 6.07 Å². The first-order valence-corrected chi connectivity index (χ1v) is 8.20. The van der Waals surface area contributed by atoms with Gasteiger partial charge in [0.05, 0.1) is 4.90 Å². The second kappa shape index (κ2) is 5.79. The van der Waals surface area contributed by atoms with Crippen LogP contribution in [0, 0.1) is 6.92 Å². The Balaban J connectivity index is 2.34. The third-order valence-electron chi connectivity index (χ3n) is 3.56. The fourth-order valence-corrected chi connectivity index (χ4v) is 4.40. The fourth-order valence-electron chi connectivity index (χ4n) is 2.39. The van der Waals surface area contributed by atoms with Crippen molar-refractivity contribution >= 4 is 21.6 Å². The van der Waals surface area contributed by atoms with Crippen LogP contribution >= 0.6 is 11.6 Å². The molecule has 1 heterocycles. The zero-order chi connectivity index (χ0) is 14.0. The summed E-state index contributed by atoms with van der Waals surface area (Å²) in [6.07, 6.45) is 1.89. The molecule has 1 unspecified atom stereocenters. The van der Waals surface area contributed by atoms with E-state index >= 15 is 0 Å². The fraction of sp³-hybridized carbons (Fsp3) is 0.538. The lowest BCUT2D eigenvalue weighted by Crippen LogP contribution is -2.46. The normalized spacial score (nSPS) is 21.5. The summed E-state index contributed by atoms with van der Waals surface area (Å²) >= 11 is 5.92. The Labute approximate surface area is 119 Å². The maximum atomic E-state index is 12.7. The molecule has 0 bridgehead atoms. The number of benzene rings is 1. The van der Waals surface area contributed by atoms with E-state index in [4.69, 9.17) is 11.6 Å². The first-order valence-electron chi connectivity index (χ1n) is 6.38. The number of sulfonamides is 1. The minimum Gasteiger partial charge on any atom is -0.316 e. The van der Waals surface area contributed by atoms with Gasteiger partial charge in [-0.15, -0.1) is 0 Å². The summed E-state index contributed by atoms with van der Waals surface area (Å²) in [6.45, 7) is 2.89. The minimum absolute atomic E-state index is 0.225. The molecule has 1 fully saturated rings. The van der Waals surface area contributed by atoms with E-state index in [0.29, 0.717) is 23.0 Å². The van der Waals surface area contributed by atoms with Crippen molar-refractivity contribution in [1.82, 2.24) is 9.62 Å². The average Bonchev–Trinajstić information content (AvgIpc) is 2.41. The molecule has 1 aromatic carbocycles. The molecule has 106 valence electrons. The molecule has 1 N–H and O–H groups in total. The predicted octanol–water partition coefficient (Wildman–Crippen LogP) is 2.02. The third-order valence-corrected chi connectivity index (χ3v) is 5.80. The molecule has 1 aromatic rings. The van der Waals surface area contributed by atoms with Gasteiger partial charge >= 0.3 is 0 Å². The quantitative estimate of drug-likeness (QED) is 0.929. The van der Waals surface area contributed by atoms with E-state index < -0.39 is 10.0 Å². The number of nitrogens with zero attached hydrogens (tertiary/aromatic N) is 1. The highest BCUT2D eigenvalue weighted by Crippen LogP contribution is 2.25. The Morgan fingerprint density at radius 2 is 2.16 bits per heavy atom. The molecule has 2 rings (SSSR count). The van der Waals surface area contributed by atoms with Crippen LogP contribution < -0.4 is 5.32 Å². The summed E-state index contributed by atoms with van der Waals surface area (Å²) in [5.41, 5.74) is 0.732. The second-order valence-electron chi connectivity index (χ2n) is 4.90. The molecule has 0 saturated carbocycles. The zero-order valence-corrected chi connectivity index (χ0v) is 12.8. The van der Waals surface area contributed by atoms with E-state index in [2.05, 4.69) is 5.32 Å². The third kappa shape index (κ3) is 3.11. The summed E-state index contributed by atoms with van der Waals surface area (Å²) < 4.78 is 26.9. The van der Waals surface area contributed by atoms with E-state index in [1.807, 2.05) is 7.05 Å². The largest absolute Gasteiger partial charge is 0.316 e. The van der Waals surface area contributed by atoms with Crippen LogP contribution in [0.4, 0.5) is 0 Å². The van der Waals surface area contributed by atoms with Crippen molar-refractivity contribution in [2.45, 2.75) is 30.7 Å². The van der Waals surface area contributed by atoms with Gasteiger partial charge in [-0.25, -0.2) is 8.42 Å². The molecular weight excluding hydrogens is 284 g/mol. The molecule has 4 nitrogen and oxygen atoms in total. The lowest BCUT2D eigenvalue weighted by Gasteiger charge is -2.32. The van der Waals surface area contributed by atoms with Crippen molar-refractivity contribution in [2.75, 3.05) is 20.1 Å². The summed E-state index contributed by atoms with van der Waals surface area (Å²) in [5.74, 6) is 0. The van der Waals surface area contributed by atoms with Gasteiger partial charge < -0.3 is 5.32 Å². The summed E-state index contributed by atoms with van der Waals surface area (Å²) in [5, 5.41) is 3.60. The topological polar surface area (TPSA) is 49.4 Å². The van der Waals surface area contributed by atoms with E-state index in [9.17, 15) is 8.42 Å². The number of hydrogen-bond acceptors (Lipinski definition) is 3. The second-order valence-corrected chi connectivity index (χ2v) is 7.24. The number of aryl methyl sites for hydroxylation is 1. The Hall–Kier alpha value is -0.620. The van der Waals surface area contributed by atoms with E-state index in [0.717, 1.165) is 18.4 Å². The van der Waals surface area contributed by atoms with E-state index in [-0.39, 0.29) is 6.04 Å². The monoisotopic (exact) mass is 302 g/mol. The van der Waals surface area contributed by atoms with Crippen LogP contribution in [0.15, 0.2) is 23.1 Å². The van der Waals surface area contributed by atoms with Gasteiger partial charge in [0.15, 0.2) is 0 Å². The van der Waals surface area contributed by atoms with Gasteiger partial charge in [0, 0.05) is 24.2 Å². The Kier molecular flexibility index (Phi) is 4.50. The first kappa shape index (κ1) is 14.8. The van der Waals surface area contributed by atoms with Gasteiger partial charge in [0.2, 0.25) is 10.0 Å². The standard InChI is InChI=1S/C13H19ClN2O2S/c1-10-5-6-11(14)8-13(10)19(17,18)16-7-3-4-12(9-16)15-2/h5-6,8,12,15H,3-4,7,9H2,1-2H3. The molecule has 0 spiro atoms. The minimum atomic E-state index is -3.45. The maximum absolute atomic E-state index is 12.7. The predicted molar refractivity (Wildman–Crippen MR) is 77.0 cm³/mol. The average molecular weight is 303 g/mol. The molecule has 1 atom stereocenters. The smallest absolute Gasteiger partial charge is 0.243 e. The first-order chi connectivity index (χ1) is 8.95. The van der Waals surface area contributed by atoms with Crippen molar-refractivity contribution in [3.8, 4) is 0 Å². The SMILES string of the molecule is CNC1CCCN(S(=O)(=O)c2cc(Cl)ccc2C)C1. The van der Waals surface area contributed by atoms with Gasteiger partial charge in [-0.05, 0) is 44.5 Å². The number of piperidine rings is 1. The number of rotatable bonds is 3. The number of likely N-dealkylation sites (N-methyl/N-ethyl adjacent to an activating group) is 1. The van der Waals surface area contributed by atoms with Crippen LogP contribution in [-0.2, 0) is 10.0 Å². The van der Waals surface area contributed by atoms with Gasteiger partial charge in [-0.2, -0.15) is 4.31 Å². The van der Waals surface area contributed by atoms with Crippen LogP contribution in [0.3, 0.4) is 0 Å². The lowest BCUT2D eigenvalue weighted by molar-refractivity contribution is 0.292. The molecule has 1 aliphatic rings. The van der Waals surface area contributed by atoms with Gasteiger partial charge in [0.25, 0.3) is 0 Å². The van der Waals surface area contributed by atoms with Crippen molar-refractivity contribution in [2.24, 2.45) is 0 Å². The van der Waals surface area contributed by atoms with Gasteiger partial charge in [0.1, 0.15) is 0 Å². The molecule has 6 heteroatoms. The highest BCUT2D eigenvalue weighted by atomic mass is 35.5. The van der Waals surface area contributed by atoms with Crippen molar-refractivity contribution in [3.05, 3.63) is 28.8 Å². The number of hydrogen-bond donors (Lipinski definition) is 1. The van der Waals surface area contributed by atoms with Crippen LogP contribution in [0.5, 0.6) is 0 Å². The van der Waals surface area contributed by atoms with Gasteiger partial charge in [-0.1, -0.05) is 17.7 Å². The maximum Gasteiger partial charge on any atom is 0.243 e. The zero-order valence-electron chi connectivity index (χ0n) is 11.2. The van der Waals surface area contributed by atoms with Gasteiger partial charge in [-0.3, -0.25) is 0 Å². The Morgan fingerprint density at radius 3 is 2.84 bits per heavy atom.